The normalized spacial score (nSPS) is 13.2. The van der Waals surface area contributed by atoms with E-state index in [0.29, 0.717) is 28.6 Å². The molecule has 2 heterocycles. The van der Waals surface area contributed by atoms with Crippen molar-refractivity contribution in [2.24, 2.45) is 0 Å². The zero-order valence-corrected chi connectivity index (χ0v) is 22.1. The third kappa shape index (κ3) is 5.08. The van der Waals surface area contributed by atoms with Crippen LogP contribution in [0.15, 0.2) is 48.5 Å². The van der Waals surface area contributed by atoms with Crippen LogP contribution in [0.4, 0.5) is 5.69 Å². The van der Waals surface area contributed by atoms with Crippen LogP contribution in [0, 0.1) is 0 Å². The fourth-order valence-corrected chi connectivity index (χ4v) is 4.74. The summed E-state index contributed by atoms with van der Waals surface area (Å²) in [6.45, 7) is 2.89. The van der Waals surface area contributed by atoms with Crippen LogP contribution in [0.5, 0.6) is 23.0 Å². The SMILES string of the molecule is COc1cc(N)c(-c2nnn(-c3ccc(CCN4CCc5cc(OC)c(OC)cc5C4)cc3)n2)cc1OC. The summed E-state index contributed by atoms with van der Waals surface area (Å²) >= 11 is 0. The van der Waals surface area contributed by atoms with Crippen molar-refractivity contribution in [2.45, 2.75) is 19.4 Å². The van der Waals surface area contributed by atoms with Gasteiger partial charge in [-0.1, -0.05) is 12.1 Å². The van der Waals surface area contributed by atoms with Crippen LogP contribution in [-0.2, 0) is 19.4 Å². The Morgan fingerprint density at radius 2 is 1.45 bits per heavy atom. The maximum atomic E-state index is 6.20. The van der Waals surface area contributed by atoms with Crippen LogP contribution in [0.3, 0.4) is 0 Å². The minimum Gasteiger partial charge on any atom is -0.493 e. The van der Waals surface area contributed by atoms with Crippen LogP contribution in [0.2, 0.25) is 0 Å². The van der Waals surface area contributed by atoms with Gasteiger partial charge in [0.15, 0.2) is 23.0 Å². The lowest BCUT2D eigenvalue weighted by Crippen LogP contribution is -2.32. The Morgan fingerprint density at radius 3 is 2.13 bits per heavy atom. The molecule has 0 fully saturated rings. The van der Waals surface area contributed by atoms with Crippen molar-refractivity contribution in [1.82, 2.24) is 25.1 Å². The Kier molecular flexibility index (Phi) is 7.32. The molecule has 1 aliphatic rings. The van der Waals surface area contributed by atoms with E-state index in [-0.39, 0.29) is 0 Å². The topological polar surface area (TPSA) is 110 Å². The molecule has 5 rings (SSSR count). The van der Waals surface area contributed by atoms with Gasteiger partial charge in [0.1, 0.15) is 0 Å². The van der Waals surface area contributed by atoms with Gasteiger partial charge in [-0.3, -0.25) is 4.90 Å². The number of nitrogens with zero attached hydrogens (tertiary/aromatic N) is 5. The second kappa shape index (κ2) is 11.0. The average molecular weight is 517 g/mol. The molecule has 4 aromatic rings. The zero-order valence-electron chi connectivity index (χ0n) is 22.1. The number of methoxy groups -OCH3 is 4. The van der Waals surface area contributed by atoms with E-state index in [1.165, 1.54) is 21.5 Å². The fourth-order valence-electron chi connectivity index (χ4n) is 4.74. The molecule has 0 amide bonds. The summed E-state index contributed by atoms with van der Waals surface area (Å²) in [5, 5.41) is 12.9. The smallest absolute Gasteiger partial charge is 0.207 e. The molecule has 38 heavy (non-hydrogen) atoms. The van der Waals surface area contributed by atoms with Gasteiger partial charge in [-0.25, -0.2) is 0 Å². The Bertz CT molecular complexity index is 1420. The molecule has 0 atom stereocenters. The number of hydrogen-bond donors (Lipinski definition) is 1. The predicted molar refractivity (Wildman–Crippen MR) is 144 cm³/mol. The summed E-state index contributed by atoms with van der Waals surface area (Å²) < 4.78 is 21.6. The number of fused-ring (bicyclic) bond motifs is 1. The van der Waals surface area contributed by atoms with Crippen LogP contribution < -0.4 is 24.7 Å². The van der Waals surface area contributed by atoms with E-state index < -0.39 is 0 Å². The highest BCUT2D eigenvalue weighted by Crippen LogP contribution is 2.36. The molecule has 0 saturated heterocycles. The highest BCUT2D eigenvalue weighted by Gasteiger charge is 2.20. The molecule has 10 nitrogen and oxygen atoms in total. The summed E-state index contributed by atoms with van der Waals surface area (Å²) in [7, 11) is 6.49. The third-order valence-corrected chi connectivity index (χ3v) is 6.89. The van der Waals surface area contributed by atoms with Crippen molar-refractivity contribution < 1.29 is 18.9 Å². The van der Waals surface area contributed by atoms with E-state index in [0.717, 1.165) is 49.7 Å². The van der Waals surface area contributed by atoms with E-state index in [9.17, 15) is 0 Å². The monoisotopic (exact) mass is 516 g/mol. The molecule has 1 aromatic heterocycles. The summed E-state index contributed by atoms with van der Waals surface area (Å²) in [6, 6.07) is 15.9. The van der Waals surface area contributed by atoms with E-state index in [1.54, 1.807) is 40.6 Å². The van der Waals surface area contributed by atoms with Gasteiger partial charge < -0.3 is 24.7 Å². The summed E-state index contributed by atoms with van der Waals surface area (Å²) in [6.07, 6.45) is 1.95. The lowest BCUT2D eigenvalue weighted by atomic mass is 9.98. The molecular formula is C28H32N6O4. The standard InChI is InChI=1S/C28H32N6O4/c1-35-24-13-19-10-12-33(17-20(19)14-25(24)36-2)11-9-18-5-7-21(8-6-18)34-31-28(30-32-34)22-15-26(37-3)27(38-4)16-23(22)29/h5-8,13-16H,9-12,17,29H2,1-4H3. The average Bonchev–Trinajstić information content (AvgIpc) is 3.45. The number of tetrazole rings is 1. The summed E-state index contributed by atoms with van der Waals surface area (Å²) in [5.41, 5.74) is 12.0. The number of aromatic nitrogens is 4. The highest BCUT2D eigenvalue weighted by atomic mass is 16.5. The maximum Gasteiger partial charge on any atom is 0.207 e. The Labute approximate surface area is 221 Å². The second-order valence-corrected chi connectivity index (χ2v) is 9.12. The number of nitrogen functional groups attached to an aromatic ring is 1. The summed E-state index contributed by atoms with van der Waals surface area (Å²) in [5.74, 6) is 3.08. The van der Waals surface area contributed by atoms with Crippen molar-refractivity contribution in [3.63, 3.8) is 0 Å². The van der Waals surface area contributed by atoms with E-state index in [2.05, 4.69) is 44.6 Å². The number of ether oxygens (including phenoxy) is 4. The Hall–Kier alpha value is -4.31. The van der Waals surface area contributed by atoms with Gasteiger partial charge in [0, 0.05) is 37.0 Å². The van der Waals surface area contributed by atoms with Crippen molar-refractivity contribution in [1.29, 1.82) is 0 Å². The molecule has 0 radical (unpaired) electrons. The molecular weight excluding hydrogens is 484 g/mol. The molecule has 0 saturated carbocycles. The molecule has 0 bridgehead atoms. The molecule has 1 aliphatic heterocycles. The first-order valence-electron chi connectivity index (χ1n) is 12.4. The first-order chi connectivity index (χ1) is 18.5. The Morgan fingerprint density at radius 1 is 0.816 bits per heavy atom. The molecule has 0 spiro atoms. The van der Waals surface area contributed by atoms with Crippen LogP contribution in [0.1, 0.15) is 16.7 Å². The van der Waals surface area contributed by atoms with Crippen molar-refractivity contribution in [2.75, 3.05) is 47.3 Å². The van der Waals surface area contributed by atoms with Crippen LogP contribution in [-0.4, -0.2) is 66.6 Å². The number of benzene rings is 3. The van der Waals surface area contributed by atoms with Gasteiger partial charge in [0.05, 0.1) is 34.1 Å². The van der Waals surface area contributed by atoms with Crippen LogP contribution in [0.25, 0.3) is 17.1 Å². The second-order valence-electron chi connectivity index (χ2n) is 9.12. The van der Waals surface area contributed by atoms with E-state index in [1.807, 2.05) is 12.1 Å². The molecule has 3 aromatic carbocycles. The summed E-state index contributed by atoms with van der Waals surface area (Å²) in [4.78, 5) is 3.97. The number of rotatable bonds is 9. The zero-order chi connectivity index (χ0) is 26.6. The van der Waals surface area contributed by atoms with Gasteiger partial charge in [0.2, 0.25) is 5.82 Å². The highest BCUT2D eigenvalue weighted by molar-refractivity contribution is 5.75. The van der Waals surface area contributed by atoms with E-state index >= 15 is 0 Å². The minimum atomic E-state index is 0.409. The quantitative estimate of drug-likeness (QED) is 0.334. The van der Waals surface area contributed by atoms with Crippen molar-refractivity contribution in [3.8, 4) is 40.1 Å². The van der Waals surface area contributed by atoms with Gasteiger partial charge in [-0.05, 0) is 65.1 Å². The van der Waals surface area contributed by atoms with Crippen molar-refractivity contribution in [3.05, 3.63) is 65.2 Å². The van der Waals surface area contributed by atoms with E-state index in [4.69, 9.17) is 24.7 Å². The number of hydrogen-bond acceptors (Lipinski definition) is 9. The lowest BCUT2D eigenvalue weighted by molar-refractivity contribution is 0.255. The maximum absolute atomic E-state index is 6.20. The molecule has 0 aliphatic carbocycles. The molecule has 2 N–H and O–H groups in total. The first-order valence-corrected chi connectivity index (χ1v) is 12.4. The van der Waals surface area contributed by atoms with Crippen LogP contribution >= 0.6 is 0 Å². The predicted octanol–water partition coefficient (Wildman–Crippen LogP) is 3.55. The lowest BCUT2D eigenvalue weighted by Gasteiger charge is -2.29. The van der Waals surface area contributed by atoms with Gasteiger partial charge >= 0.3 is 0 Å². The third-order valence-electron chi connectivity index (χ3n) is 6.89. The Balaban J connectivity index is 1.23. The molecule has 10 heteroatoms. The van der Waals surface area contributed by atoms with Gasteiger partial charge in [-0.2, -0.15) is 0 Å². The number of nitrogens with two attached hydrogens (primary N) is 1. The van der Waals surface area contributed by atoms with Gasteiger partial charge in [-0.15, -0.1) is 15.0 Å². The first kappa shape index (κ1) is 25.3. The minimum absolute atomic E-state index is 0.409. The van der Waals surface area contributed by atoms with Crippen molar-refractivity contribution >= 4 is 5.69 Å². The molecule has 198 valence electrons. The largest absolute Gasteiger partial charge is 0.493 e. The number of anilines is 1. The molecule has 0 unspecified atom stereocenters. The van der Waals surface area contributed by atoms with Gasteiger partial charge in [0.25, 0.3) is 0 Å². The fraction of sp³-hybridized carbons (Fsp3) is 0.321.